The first kappa shape index (κ1) is 8.86. The summed E-state index contributed by atoms with van der Waals surface area (Å²) in [6.45, 7) is 4.03. The van der Waals surface area contributed by atoms with E-state index in [9.17, 15) is 0 Å². The topological polar surface area (TPSA) is 0 Å². The Hall–Kier alpha value is -1.14. The van der Waals surface area contributed by atoms with E-state index in [0.717, 1.165) is 24.0 Å². The van der Waals surface area contributed by atoms with Crippen LogP contribution in [0.15, 0.2) is 11.1 Å². The Kier molecular flexibility index (Phi) is 4.17. The van der Waals surface area contributed by atoms with Gasteiger partial charge in [0.05, 0.1) is 0 Å². The van der Waals surface area contributed by atoms with Crippen LogP contribution in [0.1, 0.15) is 26.7 Å². The molecule has 0 unspecified atom stereocenters. The molecule has 0 spiro atoms. The predicted octanol–water partition coefficient (Wildman–Crippen LogP) is 2.37. The molecule has 10 heavy (non-hydrogen) atoms. The fourth-order valence-corrected chi connectivity index (χ4v) is 0.805. The van der Waals surface area contributed by atoms with Crippen molar-refractivity contribution in [3.05, 3.63) is 11.1 Å². The van der Waals surface area contributed by atoms with Crippen LogP contribution >= 0.6 is 0 Å². The summed E-state index contributed by atoms with van der Waals surface area (Å²) in [5.74, 6) is 5.18. The van der Waals surface area contributed by atoms with Gasteiger partial charge in [0.15, 0.2) is 0 Å². The van der Waals surface area contributed by atoms with Crippen LogP contribution in [0.25, 0.3) is 0 Å². The average Bonchev–Trinajstić information content (AvgIpc) is 2.00. The van der Waals surface area contributed by atoms with Crippen molar-refractivity contribution >= 4 is 0 Å². The van der Waals surface area contributed by atoms with Crippen molar-refractivity contribution in [1.29, 1.82) is 0 Å². The molecule has 0 nitrogen and oxygen atoms in total. The van der Waals surface area contributed by atoms with Gasteiger partial charge in [0.25, 0.3) is 0 Å². The molecule has 52 valence electrons. The van der Waals surface area contributed by atoms with E-state index in [1.807, 2.05) is 13.8 Å². The van der Waals surface area contributed by atoms with E-state index in [0.29, 0.717) is 0 Å². The minimum atomic E-state index is 0.865. The van der Waals surface area contributed by atoms with Crippen LogP contribution in [0.3, 0.4) is 0 Å². The summed E-state index contributed by atoms with van der Waals surface area (Å²) in [5, 5.41) is 0. The van der Waals surface area contributed by atoms with Gasteiger partial charge in [0.2, 0.25) is 0 Å². The average molecular weight is 132 g/mol. The third-order valence-corrected chi connectivity index (χ3v) is 1.42. The summed E-state index contributed by atoms with van der Waals surface area (Å²) in [7, 11) is 0. The minimum absolute atomic E-state index is 0.865. The highest BCUT2D eigenvalue weighted by Gasteiger charge is 1.95. The lowest BCUT2D eigenvalue weighted by Gasteiger charge is -1.97. The van der Waals surface area contributed by atoms with Gasteiger partial charge in [0.1, 0.15) is 0 Å². The number of hydrogen-bond acceptors (Lipinski definition) is 0. The predicted molar refractivity (Wildman–Crippen MR) is 45.3 cm³/mol. The fraction of sp³-hybridized carbons (Fsp3) is 0.400. The fourth-order valence-electron chi connectivity index (χ4n) is 0.805. The van der Waals surface area contributed by atoms with Gasteiger partial charge < -0.3 is 0 Å². The second-order valence-corrected chi connectivity index (χ2v) is 1.95. The molecule has 0 aliphatic carbocycles. The largest absolute Gasteiger partial charge is 0.115 e. The maximum atomic E-state index is 5.23. The first-order chi connectivity index (χ1) is 4.79. The van der Waals surface area contributed by atoms with Gasteiger partial charge in [-0.1, -0.05) is 25.7 Å². The van der Waals surface area contributed by atoms with Crippen molar-refractivity contribution in [3.63, 3.8) is 0 Å². The van der Waals surface area contributed by atoms with Gasteiger partial charge in [0, 0.05) is 11.1 Å². The van der Waals surface area contributed by atoms with Crippen LogP contribution in [-0.2, 0) is 0 Å². The van der Waals surface area contributed by atoms with Crippen LogP contribution < -0.4 is 0 Å². The lowest BCUT2D eigenvalue weighted by atomic mass is 10.1. The molecule has 0 fully saturated rings. The summed E-state index contributed by atoms with van der Waals surface area (Å²) >= 11 is 0. The van der Waals surface area contributed by atoms with Gasteiger partial charge in [-0.05, 0) is 12.8 Å². The first-order valence-electron chi connectivity index (χ1n) is 3.45. The lowest BCUT2D eigenvalue weighted by molar-refractivity contribution is 1.07. The van der Waals surface area contributed by atoms with Crippen molar-refractivity contribution in [1.82, 2.24) is 0 Å². The number of allylic oxidation sites excluding steroid dienone is 2. The number of rotatable bonds is 2. The zero-order valence-corrected chi connectivity index (χ0v) is 6.57. The molecule has 0 heteroatoms. The number of terminal acetylenes is 2. The third kappa shape index (κ3) is 2.00. The van der Waals surface area contributed by atoms with Crippen LogP contribution in [0.2, 0.25) is 0 Å². The molecular weight excluding hydrogens is 120 g/mol. The summed E-state index contributed by atoms with van der Waals surface area (Å²) in [6, 6.07) is 0. The Morgan fingerprint density at radius 1 is 1.00 bits per heavy atom. The second-order valence-electron chi connectivity index (χ2n) is 1.95. The Bertz CT molecular complexity index is 181. The molecule has 0 rings (SSSR count). The Labute approximate surface area is 63.3 Å². The summed E-state index contributed by atoms with van der Waals surface area (Å²) in [5.41, 5.74) is 1.93. The summed E-state index contributed by atoms with van der Waals surface area (Å²) < 4.78 is 0. The monoisotopic (exact) mass is 132 g/mol. The molecule has 0 aliphatic rings. The van der Waals surface area contributed by atoms with Gasteiger partial charge in [-0.25, -0.2) is 0 Å². The molecule has 0 aliphatic heterocycles. The summed E-state index contributed by atoms with van der Waals surface area (Å²) in [6.07, 6.45) is 12.2. The van der Waals surface area contributed by atoms with E-state index in [1.165, 1.54) is 0 Å². The molecule has 0 N–H and O–H groups in total. The molecule has 0 atom stereocenters. The molecule has 0 saturated carbocycles. The SMILES string of the molecule is C#C/C(CC)=C(\C#C)CC. The van der Waals surface area contributed by atoms with E-state index in [-0.39, 0.29) is 0 Å². The Balaban J connectivity index is 4.62. The van der Waals surface area contributed by atoms with Crippen LogP contribution in [0, 0.1) is 24.7 Å². The third-order valence-electron chi connectivity index (χ3n) is 1.42. The van der Waals surface area contributed by atoms with E-state index in [4.69, 9.17) is 12.8 Å². The highest BCUT2D eigenvalue weighted by Crippen LogP contribution is 2.09. The first-order valence-corrected chi connectivity index (χ1v) is 3.45. The van der Waals surface area contributed by atoms with Crippen molar-refractivity contribution in [2.24, 2.45) is 0 Å². The lowest BCUT2D eigenvalue weighted by Crippen LogP contribution is -1.83. The zero-order chi connectivity index (χ0) is 7.98. The molecule has 0 aromatic carbocycles. The van der Waals surface area contributed by atoms with Crippen molar-refractivity contribution in [3.8, 4) is 24.7 Å². The molecular formula is C10H12. The van der Waals surface area contributed by atoms with E-state index in [1.54, 1.807) is 0 Å². The standard InChI is InChI=1S/C10H12/c1-5-9(6-2)10(7-3)8-4/h1,3H,6,8H2,2,4H3/b10-9-. The van der Waals surface area contributed by atoms with Crippen molar-refractivity contribution < 1.29 is 0 Å². The van der Waals surface area contributed by atoms with E-state index < -0.39 is 0 Å². The van der Waals surface area contributed by atoms with Gasteiger partial charge >= 0.3 is 0 Å². The molecule has 0 saturated heterocycles. The second kappa shape index (κ2) is 4.71. The number of hydrogen-bond donors (Lipinski definition) is 0. The molecule has 0 amide bonds. The molecule has 0 aromatic rings. The van der Waals surface area contributed by atoms with Crippen molar-refractivity contribution in [2.45, 2.75) is 26.7 Å². The Morgan fingerprint density at radius 2 is 1.30 bits per heavy atom. The van der Waals surface area contributed by atoms with Gasteiger partial charge in [-0.3, -0.25) is 0 Å². The smallest absolute Gasteiger partial charge is 0.0130 e. The highest BCUT2D eigenvalue weighted by atomic mass is 14.0. The minimum Gasteiger partial charge on any atom is -0.115 e. The van der Waals surface area contributed by atoms with Gasteiger partial charge in [-0.15, -0.1) is 12.8 Å². The van der Waals surface area contributed by atoms with Crippen molar-refractivity contribution in [2.75, 3.05) is 0 Å². The molecule has 0 aromatic heterocycles. The van der Waals surface area contributed by atoms with E-state index in [2.05, 4.69) is 11.8 Å². The summed E-state index contributed by atoms with van der Waals surface area (Å²) in [4.78, 5) is 0. The van der Waals surface area contributed by atoms with Gasteiger partial charge in [-0.2, -0.15) is 0 Å². The maximum Gasteiger partial charge on any atom is 0.0130 e. The van der Waals surface area contributed by atoms with E-state index >= 15 is 0 Å². The van der Waals surface area contributed by atoms with Crippen LogP contribution in [-0.4, -0.2) is 0 Å². The molecule has 0 heterocycles. The molecule has 0 radical (unpaired) electrons. The maximum absolute atomic E-state index is 5.23. The van der Waals surface area contributed by atoms with Crippen LogP contribution in [0.5, 0.6) is 0 Å². The molecule has 0 bridgehead atoms. The normalized spacial score (nSPS) is 11.2. The highest BCUT2D eigenvalue weighted by molar-refractivity contribution is 5.40. The zero-order valence-electron chi connectivity index (χ0n) is 6.57. The van der Waals surface area contributed by atoms with Crippen LogP contribution in [0.4, 0.5) is 0 Å². The quantitative estimate of drug-likeness (QED) is 0.506. The Morgan fingerprint density at radius 3 is 1.40 bits per heavy atom.